The van der Waals surface area contributed by atoms with Crippen molar-refractivity contribution in [3.63, 3.8) is 0 Å². The highest BCUT2D eigenvalue weighted by Gasteiger charge is 2.30. The molecule has 1 aliphatic carbocycles. The number of aliphatic hydroxyl groups excluding tert-OH is 2. The van der Waals surface area contributed by atoms with E-state index in [1.54, 1.807) is 0 Å². The first-order valence-corrected chi connectivity index (χ1v) is 25.9. The number of phenols is 4. The van der Waals surface area contributed by atoms with Crippen molar-refractivity contribution in [2.24, 2.45) is 30.7 Å². The van der Waals surface area contributed by atoms with Gasteiger partial charge < -0.3 is 40.1 Å². The molecule has 0 saturated carbocycles. The molecule has 70 heavy (non-hydrogen) atoms. The zero-order valence-corrected chi connectivity index (χ0v) is 38.5. The van der Waals surface area contributed by atoms with Gasteiger partial charge in [0.25, 0.3) is 50.6 Å². The summed E-state index contributed by atoms with van der Waals surface area (Å²) in [7, 11) is -25.8. The maximum absolute atomic E-state index is 12.6. The van der Waals surface area contributed by atoms with Crippen molar-refractivity contribution in [2.45, 2.75) is 32.0 Å². The predicted molar refractivity (Wildman–Crippen MR) is 235 cm³/mol. The molecule has 0 aromatic heterocycles. The highest BCUT2D eigenvalue weighted by Crippen LogP contribution is 2.48. The Hall–Kier alpha value is -6.83. The molecule has 0 radical (unpaired) electrons. The minimum atomic E-state index is -5.34. The maximum atomic E-state index is 12.6. The Balaban J connectivity index is 1.40. The van der Waals surface area contributed by atoms with Crippen LogP contribution in [0.5, 0.6) is 34.5 Å². The Bertz CT molecular complexity index is 3750. The third-order valence-corrected chi connectivity index (χ3v) is 13.8. The highest BCUT2D eigenvalue weighted by atomic mass is 32.2. The van der Waals surface area contributed by atoms with Crippen LogP contribution in [-0.2, 0) is 50.6 Å². The van der Waals surface area contributed by atoms with E-state index in [0.717, 1.165) is 18.2 Å². The van der Waals surface area contributed by atoms with Gasteiger partial charge in [0.15, 0.2) is 11.5 Å². The van der Waals surface area contributed by atoms with Crippen LogP contribution in [0.15, 0.2) is 122 Å². The van der Waals surface area contributed by atoms with E-state index in [1.807, 2.05) is 0 Å². The van der Waals surface area contributed by atoms with E-state index in [4.69, 9.17) is 9.47 Å². The van der Waals surface area contributed by atoms with Crippen LogP contribution in [0.25, 0.3) is 21.5 Å². The van der Waals surface area contributed by atoms with Crippen molar-refractivity contribution in [3.05, 3.63) is 71.3 Å². The van der Waals surface area contributed by atoms with E-state index in [1.165, 1.54) is 0 Å². The van der Waals surface area contributed by atoms with Crippen molar-refractivity contribution >= 4 is 94.9 Å². The predicted octanol–water partition coefficient (Wildman–Crippen LogP) is 4.26. The molecule has 0 saturated heterocycles. The Morgan fingerprint density at radius 1 is 0.514 bits per heavy atom. The van der Waals surface area contributed by atoms with E-state index in [9.17, 15) is 95.5 Å². The number of benzene rings is 5. The first kappa shape index (κ1) is 52.5. The van der Waals surface area contributed by atoms with E-state index in [2.05, 4.69) is 30.7 Å². The summed E-state index contributed by atoms with van der Waals surface area (Å²) in [5.74, 6) is -5.07. The highest BCUT2D eigenvalue weighted by molar-refractivity contribution is 7.90. The summed E-state index contributed by atoms with van der Waals surface area (Å²) in [4.78, 5) is -5.14. The minimum Gasteiger partial charge on any atom is -0.507 e. The molecule has 1 aliphatic rings. The van der Waals surface area contributed by atoms with Crippen LogP contribution in [0.2, 0.25) is 0 Å². The molecule has 0 bridgehead atoms. The molecule has 0 amide bonds. The maximum Gasteiger partial charge on any atom is 0.296 e. The molecule has 5 aromatic rings. The van der Waals surface area contributed by atoms with Gasteiger partial charge in [-0.15, -0.1) is 15.3 Å². The Morgan fingerprint density at radius 2 is 0.943 bits per heavy atom. The molecule has 0 spiro atoms. The van der Waals surface area contributed by atoms with Crippen LogP contribution in [-0.4, -0.2) is 128 Å². The molecule has 11 N–H and O–H groups in total. The Morgan fingerprint density at radius 3 is 1.34 bits per heavy atom. The van der Waals surface area contributed by atoms with Crippen LogP contribution in [0.1, 0.15) is 6.42 Å². The lowest BCUT2D eigenvalue weighted by atomic mass is 10.1. The van der Waals surface area contributed by atoms with Crippen molar-refractivity contribution in [1.29, 1.82) is 0 Å². The second kappa shape index (κ2) is 19.5. The number of rotatable bonds is 17. The Kier molecular flexibility index (Phi) is 14.7. The summed E-state index contributed by atoms with van der Waals surface area (Å²) in [6, 6.07) is 3.88. The number of phenolic OH excluding ortho intramolecular Hbond substituents is 4. The smallest absolute Gasteiger partial charge is 0.296 e. The van der Waals surface area contributed by atoms with E-state index in [0.29, 0.717) is 42.5 Å². The normalized spacial score (nSPS) is 15.3. The van der Waals surface area contributed by atoms with Gasteiger partial charge in [0.1, 0.15) is 79.7 Å². The van der Waals surface area contributed by atoms with Gasteiger partial charge in [-0.25, -0.2) is 0 Å². The molecule has 1 atom stereocenters. The van der Waals surface area contributed by atoms with Gasteiger partial charge in [0, 0.05) is 24.3 Å². The van der Waals surface area contributed by atoms with E-state index in [-0.39, 0.29) is 17.2 Å². The molecule has 0 fully saturated rings. The van der Waals surface area contributed by atoms with Gasteiger partial charge >= 0.3 is 0 Å². The molecular formula is C36H32N6O23S5. The van der Waals surface area contributed by atoms with Gasteiger partial charge in [-0.1, -0.05) is 6.08 Å². The molecule has 34 heteroatoms. The molecular weight excluding hydrogens is 1040 g/mol. The minimum absolute atomic E-state index is 0.340. The SMILES string of the molecule is O=S(=O)(O)C1=CC(N=Nc2c(S(=O)(=O)O)cc3cc(S(=O)(=O)O)cc(O)c3c2O)=CCC1N=Nc1cc(OCCO)c(N=Nc2c(S(=O)(=O)O)cc3cc(S(=O)(=O)O)cc(O)c3c2O)cc1OCCO. The van der Waals surface area contributed by atoms with Gasteiger partial charge in [-0.2, -0.15) is 57.4 Å². The fourth-order valence-corrected chi connectivity index (χ4v) is 9.56. The number of nitrogens with zero attached hydrogens (tertiary/aromatic N) is 6. The zero-order chi connectivity index (χ0) is 51.9. The first-order chi connectivity index (χ1) is 32.4. The fourth-order valence-electron chi connectivity index (χ4n) is 6.41. The number of fused-ring (bicyclic) bond motifs is 2. The summed E-state index contributed by atoms with van der Waals surface area (Å²) in [5, 5.41) is 82.5. The van der Waals surface area contributed by atoms with Crippen LogP contribution < -0.4 is 9.47 Å². The lowest BCUT2D eigenvalue weighted by molar-refractivity contribution is 0.198. The summed E-state index contributed by atoms with van der Waals surface area (Å²) in [6.07, 6.45) is 1.33. The van der Waals surface area contributed by atoms with Crippen molar-refractivity contribution in [2.75, 3.05) is 26.4 Å². The molecule has 0 heterocycles. The van der Waals surface area contributed by atoms with Gasteiger partial charge in [0.2, 0.25) is 0 Å². The number of hydrogen-bond acceptors (Lipinski definition) is 24. The number of aromatic hydroxyl groups is 4. The van der Waals surface area contributed by atoms with Gasteiger partial charge in [-0.3, -0.25) is 22.8 Å². The average molecular weight is 1080 g/mol. The standard InChI is InChI=1S/C36H32N6O23S5/c43-3-5-64-26-15-23(40-42-34-30(70(61,62)63)10-17-8-20(67(52,53)54)13-25(46)32(17)36(34)48)27(65-6-4-44)14-22(26)39-38-21-2-1-18(11-28(21)68(55,56)57)37-41-33-29(69(58,59)60)9-16-7-19(66(49,50)51)12-24(45)31(16)35(33)47/h1,7-15,21,43-48H,2-6H2,(H,49,50,51)(H,52,53,54)(H,55,56,57)(H,58,59,60)(H,61,62,63). The molecule has 5 aromatic carbocycles. The van der Waals surface area contributed by atoms with Gasteiger partial charge in [-0.05, 0) is 47.5 Å². The lowest BCUT2D eigenvalue weighted by Gasteiger charge is -2.17. The zero-order valence-electron chi connectivity index (χ0n) is 34.4. The number of hydrogen-bond donors (Lipinski definition) is 11. The van der Waals surface area contributed by atoms with Crippen LogP contribution in [0, 0.1) is 0 Å². The second-order valence-corrected chi connectivity index (χ2v) is 21.1. The van der Waals surface area contributed by atoms with Gasteiger partial charge in [0.05, 0.1) is 39.5 Å². The Labute approximate surface area is 393 Å². The van der Waals surface area contributed by atoms with Crippen LogP contribution in [0.3, 0.4) is 0 Å². The monoisotopic (exact) mass is 1080 g/mol. The number of aliphatic hydroxyl groups is 2. The van der Waals surface area contributed by atoms with Crippen molar-refractivity contribution < 1.29 is 105 Å². The lowest BCUT2D eigenvalue weighted by Crippen LogP contribution is -2.18. The van der Waals surface area contributed by atoms with Crippen molar-refractivity contribution in [1.82, 2.24) is 0 Å². The fraction of sp³-hybridized carbons (Fsp3) is 0.167. The molecule has 0 aliphatic heterocycles. The summed E-state index contributed by atoms with van der Waals surface area (Å²) < 4.78 is 182. The quantitative estimate of drug-likeness (QED) is 0.0458. The topological polar surface area (TPSA) is 486 Å². The molecule has 6 rings (SSSR count). The average Bonchev–Trinajstić information content (AvgIpc) is 3.24. The number of allylic oxidation sites excluding steroid dienone is 1. The largest absolute Gasteiger partial charge is 0.507 e. The number of azo groups is 3. The number of ether oxygens (including phenoxy) is 2. The second-order valence-electron chi connectivity index (χ2n) is 14.1. The third-order valence-electron chi connectivity index (χ3n) is 9.39. The molecule has 29 nitrogen and oxygen atoms in total. The summed E-state index contributed by atoms with van der Waals surface area (Å²) in [5.41, 5.74) is -3.28. The van der Waals surface area contributed by atoms with Crippen LogP contribution >= 0.6 is 0 Å². The molecule has 374 valence electrons. The van der Waals surface area contributed by atoms with E-state index < -0.39 is 181 Å². The summed E-state index contributed by atoms with van der Waals surface area (Å²) in [6.45, 7) is -2.20. The summed E-state index contributed by atoms with van der Waals surface area (Å²) >= 11 is 0. The van der Waals surface area contributed by atoms with Crippen LogP contribution in [0.4, 0.5) is 22.7 Å². The van der Waals surface area contributed by atoms with E-state index >= 15 is 0 Å². The first-order valence-electron chi connectivity index (χ1n) is 18.7. The van der Waals surface area contributed by atoms with Crippen molar-refractivity contribution in [3.8, 4) is 34.5 Å². The third kappa shape index (κ3) is 11.4. The molecule has 1 unspecified atom stereocenters.